The van der Waals surface area contributed by atoms with Gasteiger partial charge in [0.15, 0.2) is 11.6 Å². The minimum absolute atomic E-state index is 0.153. The maximum Gasteiger partial charge on any atom is 0.189 e. The van der Waals surface area contributed by atoms with E-state index in [0.717, 1.165) is 30.6 Å². The molecule has 0 unspecified atom stereocenters. The molecule has 6 nitrogen and oxygen atoms in total. The SMILES string of the molecule is COCCCCCCCc1ccc(-c2cnc(N)c(C(=O)Cc3cccnc3)n2)cc1. The van der Waals surface area contributed by atoms with E-state index in [1.54, 1.807) is 31.8 Å². The number of nitrogens with zero attached hydrogens (tertiary/aromatic N) is 3. The molecule has 0 aliphatic carbocycles. The summed E-state index contributed by atoms with van der Waals surface area (Å²) in [6, 6.07) is 12.0. The second-order valence-electron chi connectivity index (χ2n) is 7.66. The fraction of sp³-hybridized carbons (Fsp3) is 0.360. The molecule has 0 saturated carbocycles. The summed E-state index contributed by atoms with van der Waals surface area (Å²) in [7, 11) is 1.75. The van der Waals surface area contributed by atoms with Crippen LogP contribution in [0.15, 0.2) is 55.0 Å². The molecule has 0 radical (unpaired) electrons. The van der Waals surface area contributed by atoms with Gasteiger partial charge in [0.05, 0.1) is 11.9 Å². The lowest BCUT2D eigenvalue weighted by atomic mass is 10.0. The van der Waals surface area contributed by atoms with Crippen molar-refractivity contribution in [3.05, 3.63) is 71.8 Å². The Morgan fingerprint density at radius 3 is 2.48 bits per heavy atom. The van der Waals surface area contributed by atoms with Crippen molar-refractivity contribution in [2.24, 2.45) is 0 Å². The highest BCUT2D eigenvalue weighted by molar-refractivity contribution is 5.99. The Kier molecular flexibility index (Phi) is 8.67. The Labute approximate surface area is 183 Å². The highest BCUT2D eigenvalue weighted by atomic mass is 16.5. The standard InChI is InChI=1S/C25H30N4O2/c1-31-15-6-4-2-3-5-8-19-10-12-21(13-11-19)22-18-28-25(26)24(29-22)23(30)16-20-9-7-14-27-17-20/h7,9-14,17-18H,2-6,8,15-16H2,1H3,(H2,26,28). The van der Waals surface area contributed by atoms with Crippen LogP contribution >= 0.6 is 0 Å². The molecular formula is C25H30N4O2. The molecule has 0 aliphatic heterocycles. The zero-order chi connectivity index (χ0) is 21.9. The maximum atomic E-state index is 12.7. The van der Waals surface area contributed by atoms with E-state index < -0.39 is 0 Å². The second-order valence-corrected chi connectivity index (χ2v) is 7.66. The van der Waals surface area contributed by atoms with Crippen LogP contribution in [0.25, 0.3) is 11.3 Å². The summed E-state index contributed by atoms with van der Waals surface area (Å²) in [5.74, 6) is -0.0123. The summed E-state index contributed by atoms with van der Waals surface area (Å²) >= 11 is 0. The molecule has 0 aliphatic rings. The number of nitrogen functional groups attached to an aromatic ring is 1. The lowest BCUT2D eigenvalue weighted by Gasteiger charge is -2.08. The van der Waals surface area contributed by atoms with E-state index in [1.807, 2.05) is 18.2 Å². The predicted octanol–water partition coefficient (Wildman–Crippen LogP) is 4.69. The highest BCUT2D eigenvalue weighted by Gasteiger charge is 2.15. The van der Waals surface area contributed by atoms with Crippen molar-refractivity contribution in [2.75, 3.05) is 19.5 Å². The molecule has 0 atom stereocenters. The maximum absolute atomic E-state index is 12.7. The number of carbonyl (C=O) groups excluding carboxylic acids is 1. The van der Waals surface area contributed by atoms with Crippen molar-refractivity contribution in [2.45, 2.75) is 44.9 Å². The number of rotatable bonds is 12. The van der Waals surface area contributed by atoms with Gasteiger partial charge in [-0.2, -0.15) is 0 Å². The van der Waals surface area contributed by atoms with E-state index >= 15 is 0 Å². The summed E-state index contributed by atoms with van der Waals surface area (Å²) in [4.78, 5) is 25.4. The molecule has 2 aromatic heterocycles. The first-order chi connectivity index (χ1) is 15.2. The predicted molar refractivity (Wildman–Crippen MR) is 123 cm³/mol. The van der Waals surface area contributed by atoms with Crippen LogP contribution in [0.2, 0.25) is 0 Å². The normalized spacial score (nSPS) is 10.9. The molecule has 2 heterocycles. The number of methoxy groups -OCH3 is 1. The molecular weight excluding hydrogens is 388 g/mol. The van der Waals surface area contributed by atoms with Gasteiger partial charge in [0.1, 0.15) is 5.69 Å². The third kappa shape index (κ3) is 6.96. The highest BCUT2D eigenvalue weighted by Crippen LogP contribution is 2.21. The Morgan fingerprint density at radius 2 is 1.74 bits per heavy atom. The zero-order valence-corrected chi connectivity index (χ0v) is 18.1. The van der Waals surface area contributed by atoms with Crippen LogP contribution in [0.4, 0.5) is 5.82 Å². The smallest absolute Gasteiger partial charge is 0.189 e. The number of benzene rings is 1. The first-order valence-electron chi connectivity index (χ1n) is 10.8. The first-order valence-corrected chi connectivity index (χ1v) is 10.8. The summed E-state index contributed by atoms with van der Waals surface area (Å²) < 4.78 is 5.08. The van der Waals surface area contributed by atoms with E-state index in [4.69, 9.17) is 10.5 Å². The van der Waals surface area contributed by atoms with Gasteiger partial charge in [0, 0.05) is 38.1 Å². The topological polar surface area (TPSA) is 91.0 Å². The number of anilines is 1. The van der Waals surface area contributed by atoms with Crippen molar-refractivity contribution < 1.29 is 9.53 Å². The average molecular weight is 419 g/mol. The fourth-order valence-corrected chi connectivity index (χ4v) is 3.46. The summed E-state index contributed by atoms with van der Waals surface area (Å²) in [6.07, 6.45) is 12.2. The van der Waals surface area contributed by atoms with Gasteiger partial charge in [-0.05, 0) is 36.5 Å². The molecule has 0 bridgehead atoms. The van der Waals surface area contributed by atoms with Gasteiger partial charge in [0.25, 0.3) is 0 Å². The Morgan fingerprint density at radius 1 is 0.968 bits per heavy atom. The fourth-order valence-electron chi connectivity index (χ4n) is 3.46. The lowest BCUT2D eigenvalue weighted by Crippen LogP contribution is -2.11. The van der Waals surface area contributed by atoms with Crippen LogP contribution in [0, 0.1) is 0 Å². The molecule has 0 amide bonds. The van der Waals surface area contributed by atoms with Crippen molar-refractivity contribution in [1.29, 1.82) is 0 Å². The largest absolute Gasteiger partial charge is 0.385 e. The summed E-state index contributed by atoms with van der Waals surface area (Å²) in [6.45, 7) is 0.853. The number of aryl methyl sites for hydroxylation is 1. The molecule has 3 rings (SSSR count). The molecule has 162 valence electrons. The molecule has 0 spiro atoms. The van der Waals surface area contributed by atoms with Crippen LogP contribution in [0.3, 0.4) is 0 Å². The van der Waals surface area contributed by atoms with Crippen molar-refractivity contribution >= 4 is 11.6 Å². The second kappa shape index (κ2) is 11.9. The third-order valence-corrected chi connectivity index (χ3v) is 5.22. The van der Waals surface area contributed by atoms with Gasteiger partial charge in [-0.1, -0.05) is 49.6 Å². The van der Waals surface area contributed by atoms with Crippen molar-refractivity contribution in [1.82, 2.24) is 15.0 Å². The van der Waals surface area contributed by atoms with E-state index in [1.165, 1.54) is 31.2 Å². The number of unbranched alkanes of at least 4 members (excludes halogenated alkanes) is 4. The molecule has 1 aromatic carbocycles. The minimum atomic E-state index is -0.165. The molecule has 31 heavy (non-hydrogen) atoms. The van der Waals surface area contributed by atoms with Gasteiger partial charge < -0.3 is 10.5 Å². The van der Waals surface area contributed by atoms with Crippen LogP contribution in [0.1, 0.15) is 53.7 Å². The lowest BCUT2D eigenvalue weighted by molar-refractivity contribution is 0.0989. The van der Waals surface area contributed by atoms with Crippen LogP contribution in [-0.4, -0.2) is 34.5 Å². The minimum Gasteiger partial charge on any atom is -0.385 e. The van der Waals surface area contributed by atoms with E-state index in [-0.39, 0.29) is 23.7 Å². The number of aromatic nitrogens is 3. The zero-order valence-electron chi connectivity index (χ0n) is 18.1. The number of hydrogen-bond donors (Lipinski definition) is 1. The van der Waals surface area contributed by atoms with Crippen LogP contribution in [-0.2, 0) is 17.6 Å². The Balaban J connectivity index is 1.58. The number of ether oxygens (including phenoxy) is 1. The number of pyridine rings is 1. The number of Topliss-reactive ketones (excluding diaryl/α,β-unsaturated/α-hetero) is 1. The Bertz CT molecular complexity index is 959. The number of nitrogens with two attached hydrogens (primary N) is 1. The number of ketones is 1. The molecule has 3 aromatic rings. The Hall–Kier alpha value is -3.12. The van der Waals surface area contributed by atoms with Gasteiger partial charge >= 0.3 is 0 Å². The monoisotopic (exact) mass is 418 g/mol. The van der Waals surface area contributed by atoms with Gasteiger partial charge in [-0.25, -0.2) is 9.97 Å². The van der Waals surface area contributed by atoms with E-state index in [0.29, 0.717) is 5.69 Å². The van der Waals surface area contributed by atoms with E-state index in [2.05, 4.69) is 27.1 Å². The number of carbonyl (C=O) groups is 1. The number of hydrogen-bond acceptors (Lipinski definition) is 6. The van der Waals surface area contributed by atoms with Crippen molar-refractivity contribution in [3.8, 4) is 11.3 Å². The first kappa shape index (κ1) is 22.6. The van der Waals surface area contributed by atoms with Gasteiger partial charge in [-0.15, -0.1) is 0 Å². The molecule has 0 saturated heterocycles. The molecule has 6 heteroatoms. The van der Waals surface area contributed by atoms with Gasteiger partial charge in [-0.3, -0.25) is 9.78 Å². The summed E-state index contributed by atoms with van der Waals surface area (Å²) in [5.41, 5.74) is 9.84. The van der Waals surface area contributed by atoms with Gasteiger partial charge in [0.2, 0.25) is 0 Å². The van der Waals surface area contributed by atoms with Crippen LogP contribution in [0.5, 0.6) is 0 Å². The van der Waals surface area contributed by atoms with Crippen molar-refractivity contribution in [3.63, 3.8) is 0 Å². The average Bonchev–Trinajstić information content (AvgIpc) is 2.80. The quantitative estimate of drug-likeness (QED) is 0.339. The van der Waals surface area contributed by atoms with Crippen LogP contribution < -0.4 is 5.73 Å². The molecule has 0 fully saturated rings. The third-order valence-electron chi connectivity index (χ3n) is 5.22. The summed E-state index contributed by atoms with van der Waals surface area (Å²) in [5, 5.41) is 0. The molecule has 2 N–H and O–H groups in total. The van der Waals surface area contributed by atoms with E-state index in [9.17, 15) is 4.79 Å².